The highest BCUT2D eigenvalue weighted by atomic mass is 15.0. The van der Waals surface area contributed by atoms with E-state index in [1.165, 1.54) is 16.5 Å². The van der Waals surface area contributed by atoms with Crippen LogP contribution in [0, 0.1) is 0 Å². The van der Waals surface area contributed by atoms with Gasteiger partial charge in [0.1, 0.15) is 0 Å². The van der Waals surface area contributed by atoms with Gasteiger partial charge in [0.2, 0.25) is 0 Å². The second-order valence-corrected chi connectivity index (χ2v) is 4.63. The van der Waals surface area contributed by atoms with Gasteiger partial charge >= 0.3 is 0 Å². The minimum absolute atomic E-state index is 0.585. The van der Waals surface area contributed by atoms with E-state index in [0.717, 1.165) is 18.7 Å². The van der Waals surface area contributed by atoms with Gasteiger partial charge in [-0.15, -0.1) is 0 Å². The number of nitrogens with two attached hydrogens (primary N) is 1. The summed E-state index contributed by atoms with van der Waals surface area (Å²) in [7, 11) is 0. The lowest BCUT2D eigenvalue weighted by Crippen LogP contribution is -2.02. The van der Waals surface area contributed by atoms with Gasteiger partial charge in [0.05, 0.1) is 0 Å². The van der Waals surface area contributed by atoms with Crippen LogP contribution in [0.5, 0.6) is 0 Å². The molecule has 3 aromatic rings. The number of hydrogen-bond donors (Lipinski definition) is 1. The third kappa shape index (κ3) is 2.37. The predicted molar refractivity (Wildman–Crippen MR) is 77.8 cm³/mol. The van der Waals surface area contributed by atoms with Crippen LogP contribution in [0.15, 0.2) is 54.9 Å². The van der Waals surface area contributed by atoms with Crippen molar-refractivity contribution >= 4 is 10.9 Å². The Hall–Kier alpha value is -2.13. The summed E-state index contributed by atoms with van der Waals surface area (Å²) in [6.45, 7) is 1.52. The van der Waals surface area contributed by atoms with Crippen molar-refractivity contribution in [1.29, 1.82) is 0 Å². The molecule has 2 heterocycles. The second kappa shape index (κ2) is 5.24. The Morgan fingerprint density at radius 3 is 2.79 bits per heavy atom. The number of aryl methyl sites for hydroxylation is 2. The molecular weight excluding hydrogens is 234 g/mol. The van der Waals surface area contributed by atoms with Crippen LogP contribution in [0.4, 0.5) is 0 Å². The third-order valence-corrected chi connectivity index (χ3v) is 3.46. The zero-order chi connectivity index (χ0) is 13.1. The van der Waals surface area contributed by atoms with Gasteiger partial charge in [0.15, 0.2) is 0 Å². The topological polar surface area (TPSA) is 43.8 Å². The predicted octanol–water partition coefficient (Wildman–Crippen LogP) is 2.74. The van der Waals surface area contributed by atoms with E-state index < -0.39 is 0 Å². The van der Waals surface area contributed by atoms with Gasteiger partial charge in [-0.1, -0.05) is 18.2 Å². The van der Waals surface area contributed by atoms with Gasteiger partial charge in [-0.3, -0.25) is 4.98 Å². The quantitative estimate of drug-likeness (QED) is 0.775. The molecule has 19 heavy (non-hydrogen) atoms. The number of rotatable bonds is 4. The summed E-state index contributed by atoms with van der Waals surface area (Å²) in [4.78, 5) is 4.36. The number of pyridine rings is 1. The smallest absolute Gasteiger partial charge is 0.0483 e. The number of fused-ring (bicyclic) bond motifs is 1. The van der Waals surface area contributed by atoms with Crippen molar-refractivity contribution in [1.82, 2.24) is 9.55 Å². The summed E-state index contributed by atoms with van der Waals surface area (Å²) in [5.74, 6) is 0. The molecule has 0 saturated heterocycles. The molecule has 0 fully saturated rings. The van der Waals surface area contributed by atoms with Crippen LogP contribution < -0.4 is 5.73 Å². The van der Waals surface area contributed by atoms with Gasteiger partial charge in [0, 0.05) is 48.5 Å². The fourth-order valence-electron chi connectivity index (χ4n) is 2.44. The Balaban J connectivity index is 1.86. The highest BCUT2D eigenvalue weighted by Gasteiger charge is 2.04. The molecule has 0 unspecified atom stereocenters. The molecule has 96 valence electrons. The summed E-state index contributed by atoms with van der Waals surface area (Å²) in [5, 5.41) is 1.26. The molecule has 0 aliphatic carbocycles. The largest absolute Gasteiger partial charge is 0.347 e. The lowest BCUT2D eigenvalue weighted by molar-refractivity contribution is 0.710. The Bertz CT molecular complexity index is 671. The second-order valence-electron chi connectivity index (χ2n) is 4.63. The maximum atomic E-state index is 5.77. The van der Waals surface area contributed by atoms with Crippen molar-refractivity contribution in [3.8, 4) is 0 Å². The van der Waals surface area contributed by atoms with E-state index >= 15 is 0 Å². The van der Waals surface area contributed by atoms with Crippen molar-refractivity contribution in [2.45, 2.75) is 19.5 Å². The van der Waals surface area contributed by atoms with Crippen molar-refractivity contribution in [2.24, 2.45) is 5.73 Å². The number of hydrogen-bond acceptors (Lipinski definition) is 2. The van der Waals surface area contributed by atoms with E-state index in [9.17, 15) is 0 Å². The molecule has 3 nitrogen and oxygen atoms in total. The maximum absolute atomic E-state index is 5.77. The highest BCUT2D eigenvalue weighted by Crippen LogP contribution is 2.20. The van der Waals surface area contributed by atoms with Crippen LogP contribution in [0.3, 0.4) is 0 Å². The fraction of sp³-hybridized carbons (Fsp3) is 0.188. The molecule has 0 atom stereocenters. The van der Waals surface area contributed by atoms with Crippen LogP contribution in [-0.2, 0) is 19.5 Å². The first-order chi connectivity index (χ1) is 9.38. The lowest BCUT2D eigenvalue weighted by Gasteiger charge is -2.06. The first-order valence-electron chi connectivity index (χ1n) is 6.55. The van der Waals surface area contributed by atoms with Crippen LogP contribution in [-0.4, -0.2) is 9.55 Å². The summed E-state index contributed by atoms with van der Waals surface area (Å²) >= 11 is 0. The maximum Gasteiger partial charge on any atom is 0.0483 e. The molecule has 0 aliphatic rings. The summed E-state index contributed by atoms with van der Waals surface area (Å²) in [5.41, 5.74) is 9.35. The van der Waals surface area contributed by atoms with Crippen molar-refractivity contribution in [3.05, 3.63) is 66.1 Å². The van der Waals surface area contributed by atoms with Gasteiger partial charge in [-0.2, -0.15) is 0 Å². The SMILES string of the molecule is NCc1cccc2c1ccn2CCc1ccccn1. The van der Waals surface area contributed by atoms with Crippen LogP contribution in [0.2, 0.25) is 0 Å². The highest BCUT2D eigenvalue weighted by molar-refractivity contribution is 5.83. The normalized spacial score (nSPS) is 11.0. The van der Waals surface area contributed by atoms with Crippen LogP contribution >= 0.6 is 0 Å². The zero-order valence-electron chi connectivity index (χ0n) is 10.8. The molecule has 1 aromatic carbocycles. The van der Waals surface area contributed by atoms with Gasteiger partial charge in [-0.05, 0) is 29.8 Å². The standard InChI is InChI=1S/C16H17N3/c17-12-13-4-3-6-16-15(13)8-11-19(16)10-7-14-5-1-2-9-18-14/h1-6,8-9,11H,7,10,12,17H2. The van der Waals surface area contributed by atoms with Gasteiger partial charge in [-0.25, -0.2) is 0 Å². The van der Waals surface area contributed by atoms with E-state index in [2.05, 4.69) is 46.1 Å². The number of benzene rings is 1. The third-order valence-electron chi connectivity index (χ3n) is 3.46. The van der Waals surface area contributed by atoms with E-state index in [4.69, 9.17) is 5.73 Å². The molecule has 2 N–H and O–H groups in total. The van der Waals surface area contributed by atoms with E-state index in [1.54, 1.807) is 0 Å². The lowest BCUT2D eigenvalue weighted by atomic mass is 10.1. The molecule has 3 heteroatoms. The minimum atomic E-state index is 0.585. The first-order valence-corrected chi connectivity index (χ1v) is 6.55. The monoisotopic (exact) mass is 251 g/mol. The molecule has 0 aliphatic heterocycles. The summed E-state index contributed by atoms with van der Waals surface area (Å²) in [6, 6.07) is 14.5. The van der Waals surface area contributed by atoms with E-state index in [0.29, 0.717) is 6.54 Å². The molecule has 0 saturated carbocycles. The fourth-order valence-corrected chi connectivity index (χ4v) is 2.44. The molecule has 0 spiro atoms. The van der Waals surface area contributed by atoms with Crippen molar-refractivity contribution in [3.63, 3.8) is 0 Å². The average Bonchev–Trinajstić information content (AvgIpc) is 2.89. The zero-order valence-corrected chi connectivity index (χ0v) is 10.8. The molecule has 0 amide bonds. The van der Waals surface area contributed by atoms with E-state index in [-0.39, 0.29) is 0 Å². The molecular formula is C16H17N3. The average molecular weight is 251 g/mol. The Morgan fingerprint density at radius 1 is 1.05 bits per heavy atom. The molecule has 0 bridgehead atoms. The molecule has 3 rings (SSSR count). The first kappa shape index (κ1) is 11.9. The molecule has 2 aromatic heterocycles. The Labute approximate surface area is 112 Å². The summed E-state index contributed by atoms with van der Waals surface area (Å²) < 4.78 is 2.27. The van der Waals surface area contributed by atoms with Crippen molar-refractivity contribution < 1.29 is 0 Å². The van der Waals surface area contributed by atoms with E-state index in [1.807, 2.05) is 18.3 Å². The number of aromatic nitrogens is 2. The van der Waals surface area contributed by atoms with Gasteiger partial charge in [0.25, 0.3) is 0 Å². The van der Waals surface area contributed by atoms with Crippen LogP contribution in [0.1, 0.15) is 11.3 Å². The summed E-state index contributed by atoms with van der Waals surface area (Å²) in [6.07, 6.45) is 4.92. The number of nitrogens with zero attached hydrogens (tertiary/aromatic N) is 2. The van der Waals surface area contributed by atoms with Crippen LogP contribution in [0.25, 0.3) is 10.9 Å². The Kier molecular flexibility index (Phi) is 3.29. The van der Waals surface area contributed by atoms with Crippen molar-refractivity contribution in [2.75, 3.05) is 0 Å². The molecule has 0 radical (unpaired) electrons. The Morgan fingerprint density at radius 2 is 2.00 bits per heavy atom. The minimum Gasteiger partial charge on any atom is -0.347 e. The van der Waals surface area contributed by atoms with Gasteiger partial charge < -0.3 is 10.3 Å².